The molecule has 0 aliphatic carbocycles. The Morgan fingerprint density at radius 1 is 1.62 bits per heavy atom. The van der Waals surface area contributed by atoms with Crippen LogP contribution in [0.2, 0.25) is 0 Å². The summed E-state index contributed by atoms with van der Waals surface area (Å²) in [6.07, 6.45) is 0.828. The van der Waals surface area contributed by atoms with Crippen LogP contribution in [-0.4, -0.2) is 30.4 Å². The third-order valence-electron chi connectivity index (χ3n) is 2.08. The van der Waals surface area contributed by atoms with Gasteiger partial charge in [0.1, 0.15) is 12.3 Å². The molecule has 4 nitrogen and oxygen atoms in total. The molecule has 1 unspecified atom stereocenters. The zero-order valence-corrected chi connectivity index (χ0v) is 8.68. The van der Waals surface area contributed by atoms with E-state index < -0.39 is 0 Å². The van der Waals surface area contributed by atoms with Gasteiger partial charge in [-0.05, 0) is 6.07 Å². The van der Waals surface area contributed by atoms with Crippen molar-refractivity contribution in [2.75, 3.05) is 25.1 Å². The van der Waals surface area contributed by atoms with Crippen LogP contribution in [0.3, 0.4) is 0 Å². The molecule has 0 saturated heterocycles. The topological polar surface area (TPSA) is 38.2 Å². The summed E-state index contributed by atoms with van der Waals surface area (Å²) in [5, 5.41) is 8.04. The first kappa shape index (κ1) is 8.70. The maximum absolute atomic E-state index is 5.37. The van der Waals surface area contributed by atoms with Crippen LogP contribution in [0.5, 0.6) is 5.88 Å². The van der Waals surface area contributed by atoms with Crippen molar-refractivity contribution in [1.29, 1.82) is 0 Å². The van der Waals surface area contributed by atoms with Gasteiger partial charge in [0.2, 0.25) is 0 Å². The first-order valence-electron chi connectivity index (χ1n) is 4.22. The van der Waals surface area contributed by atoms with Gasteiger partial charge in [0.15, 0.2) is 0 Å². The van der Waals surface area contributed by atoms with Crippen molar-refractivity contribution in [2.24, 2.45) is 0 Å². The quantitative estimate of drug-likeness (QED) is 0.620. The van der Waals surface area contributed by atoms with Crippen LogP contribution in [0.1, 0.15) is 5.69 Å². The van der Waals surface area contributed by atoms with E-state index in [9.17, 15) is 0 Å². The Kier molecular flexibility index (Phi) is 2.32. The van der Waals surface area contributed by atoms with E-state index in [1.807, 2.05) is 13.1 Å². The molecule has 1 aliphatic rings. The van der Waals surface area contributed by atoms with E-state index in [2.05, 4.69) is 24.3 Å². The molecule has 2 heterocycles. The maximum Gasteiger partial charge on any atom is 0.257 e. The molecule has 0 amide bonds. The van der Waals surface area contributed by atoms with Crippen LogP contribution in [0, 0.1) is 0 Å². The lowest BCUT2D eigenvalue weighted by atomic mass is 10.3. The van der Waals surface area contributed by atoms with Crippen LogP contribution in [0.25, 0.3) is 0 Å². The molecule has 1 aromatic heterocycles. The Bertz CT molecular complexity index is 318. The van der Waals surface area contributed by atoms with E-state index in [1.165, 1.54) is 0 Å². The molecule has 0 spiro atoms. The fourth-order valence-corrected chi connectivity index (χ4v) is 1.48. The predicted molar refractivity (Wildman–Crippen MR) is 54.2 cm³/mol. The van der Waals surface area contributed by atoms with E-state index in [0.29, 0.717) is 12.5 Å². The molecule has 0 N–H and O–H groups in total. The number of likely N-dealkylation sites (N-methyl/N-ethyl adjacent to an activating group) is 1. The van der Waals surface area contributed by atoms with E-state index >= 15 is 0 Å². The highest BCUT2D eigenvalue weighted by atomic mass is 31.0. The van der Waals surface area contributed by atoms with E-state index in [4.69, 9.17) is 4.74 Å². The molecule has 0 aromatic carbocycles. The van der Waals surface area contributed by atoms with Crippen LogP contribution >= 0.6 is 9.24 Å². The van der Waals surface area contributed by atoms with Crippen molar-refractivity contribution in [1.82, 2.24) is 10.2 Å². The Morgan fingerprint density at radius 2 is 2.46 bits per heavy atom. The largest absolute Gasteiger partial charge is 0.473 e. The van der Waals surface area contributed by atoms with Crippen LogP contribution in [-0.2, 0) is 6.16 Å². The minimum atomic E-state index is 0.649. The molecule has 13 heavy (non-hydrogen) atoms. The Labute approximate surface area is 79.5 Å². The lowest BCUT2D eigenvalue weighted by molar-refractivity contribution is 0.294. The van der Waals surface area contributed by atoms with E-state index in [1.54, 1.807) is 0 Å². The molecule has 0 saturated carbocycles. The van der Waals surface area contributed by atoms with Gasteiger partial charge in [-0.2, -0.15) is 5.10 Å². The summed E-state index contributed by atoms with van der Waals surface area (Å²) in [6.45, 7) is 1.60. The number of hydrogen-bond donors (Lipinski definition) is 0. The minimum absolute atomic E-state index is 0.649. The molecule has 2 rings (SSSR count). The molecule has 0 fully saturated rings. The highest BCUT2D eigenvalue weighted by Gasteiger charge is 2.16. The van der Waals surface area contributed by atoms with Gasteiger partial charge in [0.05, 0.1) is 12.2 Å². The van der Waals surface area contributed by atoms with Gasteiger partial charge < -0.3 is 9.64 Å². The summed E-state index contributed by atoms with van der Waals surface area (Å²) in [5.74, 6) is 0.649. The zero-order chi connectivity index (χ0) is 9.26. The standard InChI is InChI=1S/C8H12N3OP/c1-11-2-3-12-8-7(11)4-6(5-13)9-10-8/h4H,2-3,5,13H2,1H3. The average Bonchev–Trinajstić information content (AvgIpc) is 2.18. The Hall–Kier alpha value is -0.890. The van der Waals surface area contributed by atoms with E-state index in [-0.39, 0.29) is 0 Å². The maximum atomic E-state index is 5.37. The normalized spacial score (nSPS) is 15.1. The number of anilines is 1. The summed E-state index contributed by atoms with van der Waals surface area (Å²) in [7, 11) is 4.67. The second-order valence-electron chi connectivity index (χ2n) is 3.00. The summed E-state index contributed by atoms with van der Waals surface area (Å²) in [5.41, 5.74) is 2.01. The lowest BCUT2D eigenvalue weighted by Crippen LogP contribution is -2.29. The van der Waals surface area contributed by atoms with Gasteiger partial charge in [-0.25, -0.2) is 0 Å². The van der Waals surface area contributed by atoms with Crippen LogP contribution < -0.4 is 9.64 Å². The van der Waals surface area contributed by atoms with Crippen molar-refractivity contribution in [3.05, 3.63) is 11.8 Å². The molecule has 1 atom stereocenters. The molecular formula is C8H12N3OP. The van der Waals surface area contributed by atoms with Gasteiger partial charge in [0.25, 0.3) is 5.88 Å². The SMILES string of the molecule is CN1CCOc2nnc(CP)cc21. The molecule has 1 aliphatic heterocycles. The number of hydrogen-bond acceptors (Lipinski definition) is 4. The number of aromatic nitrogens is 2. The predicted octanol–water partition coefficient (Wildman–Crippen LogP) is 0.680. The molecular weight excluding hydrogens is 185 g/mol. The molecule has 0 bridgehead atoms. The number of nitrogens with zero attached hydrogens (tertiary/aromatic N) is 3. The monoisotopic (exact) mass is 197 g/mol. The van der Waals surface area contributed by atoms with Crippen molar-refractivity contribution in [3.63, 3.8) is 0 Å². The van der Waals surface area contributed by atoms with Crippen molar-refractivity contribution >= 4 is 14.9 Å². The summed E-state index contributed by atoms with van der Waals surface area (Å²) >= 11 is 0. The van der Waals surface area contributed by atoms with Gasteiger partial charge in [0, 0.05) is 13.2 Å². The number of fused-ring (bicyclic) bond motifs is 1. The Morgan fingerprint density at radius 3 is 3.23 bits per heavy atom. The lowest BCUT2D eigenvalue weighted by Gasteiger charge is -2.26. The average molecular weight is 197 g/mol. The number of rotatable bonds is 1. The van der Waals surface area contributed by atoms with Gasteiger partial charge in [-0.1, -0.05) is 0 Å². The fraction of sp³-hybridized carbons (Fsp3) is 0.500. The zero-order valence-electron chi connectivity index (χ0n) is 7.53. The third kappa shape index (κ3) is 1.59. The van der Waals surface area contributed by atoms with Gasteiger partial charge in [-0.15, -0.1) is 14.3 Å². The molecule has 70 valence electrons. The highest BCUT2D eigenvalue weighted by Crippen LogP contribution is 2.28. The Balaban J connectivity index is 2.41. The number of ether oxygens (including phenoxy) is 1. The van der Waals surface area contributed by atoms with Gasteiger partial charge >= 0.3 is 0 Å². The molecule has 5 heteroatoms. The first-order valence-corrected chi connectivity index (χ1v) is 5.03. The molecule has 0 radical (unpaired) electrons. The van der Waals surface area contributed by atoms with Crippen molar-refractivity contribution in [3.8, 4) is 5.88 Å². The first-order chi connectivity index (χ1) is 6.31. The van der Waals surface area contributed by atoms with Crippen LogP contribution in [0.4, 0.5) is 5.69 Å². The second-order valence-corrected chi connectivity index (χ2v) is 3.41. The summed E-state index contributed by atoms with van der Waals surface area (Å²) in [4.78, 5) is 2.14. The van der Waals surface area contributed by atoms with Crippen LogP contribution in [0.15, 0.2) is 6.07 Å². The van der Waals surface area contributed by atoms with Gasteiger partial charge in [-0.3, -0.25) is 0 Å². The van der Waals surface area contributed by atoms with Crippen molar-refractivity contribution < 1.29 is 4.74 Å². The van der Waals surface area contributed by atoms with E-state index in [0.717, 1.165) is 24.1 Å². The highest BCUT2D eigenvalue weighted by molar-refractivity contribution is 7.15. The smallest absolute Gasteiger partial charge is 0.257 e. The second kappa shape index (κ2) is 3.46. The van der Waals surface area contributed by atoms with Crippen molar-refractivity contribution in [2.45, 2.75) is 6.16 Å². The fourth-order valence-electron chi connectivity index (χ4n) is 1.29. The minimum Gasteiger partial charge on any atom is -0.473 e. The third-order valence-corrected chi connectivity index (χ3v) is 2.50. The summed E-state index contributed by atoms with van der Waals surface area (Å²) in [6, 6.07) is 2.02. The summed E-state index contributed by atoms with van der Waals surface area (Å²) < 4.78 is 5.37. The molecule has 1 aromatic rings.